The van der Waals surface area contributed by atoms with Crippen molar-refractivity contribution in [2.24, 2.45) is 11.3 Å². The number of hydrogen-bond donors (Lipinski definition) is 0. The SMILES string of the molecule is C=C/C(=C\C=C/C)C1(C)CCC(/C=C(\CCC)c2cc(C)ccc2C)CC1. The number of rotatable bonds is 7. The number of allylic oxidation sites excluding steroid dienone is 7. The molecule has 0 radical (unpaired) electrons. The molecule has 1 fully saturated rings. The van der Waals surface area contributed by atoms with Crippen molar-refractivity contribution in [3.8, 4) is 0 Å². The van der Waals surface area contributed by atoms with Crippen LogP contribution in [0, 0.1) is 25.2 Å². The third-order valence-corrected chi connectivity index (χ3v) is 6.21. The van der Waals surface area contributed by atoms with Crippen molar-refractivity contribution >= 4 is 5.57 Å². The van der Waals surface area contributed by atoms with E-state index in [-0.39, 0.29) is 5.41 Å². The molecule has 0 saturated heterocycles. The van der Waals surface area contributed by atoms with Crippen LogP contribution >= 0.6 is 0 Å². The smallest absolute Gasteiger partial charge is 0.00750 e. The molecule has 0 bridgehead atoms. The minimum Gasteiger partial charge on any atom is -0.0988 e. The first-order valence-corrected chi connectivity index (χ1v) is 10.7. The van der Waals surface area contributed by atoms with Crippen LogP contribution in [-0.4, -0.2) is 0 Å². The summed E-state index contributed by atoms with van der Waals surface area (Å²) in [6.45, 7) is 15.3. The lowest BCUT2D eigenvalue weighted by atomic mass is 9.67. The summed E-state index contributed by atoms with van der Waals surface area (Å²) in [5.74, 6) is 0.701. The molecule has 1 saturated carbocycles. The maximum atomic E-state index is 4.07. The highest BCUT2D eigenvalue weighted by Crippen LogP contribution is 2.45. The molecule has 0 nitrogen and oxygen atoms in total. The molecule has 0 unspecified atom stereocenters. The monoisotopic (exact) mass is 362 g/mol. The molecule has 1 aromatic rings. The van der Waals surface area contributed by atoms with Gasteiger partial charge in [0.25, 0.3) is 0 Å². The molecule has 2 rings (SSSR count). The Balaban J connectivity index is 2.19. The van der Waals surface area contributed by atoms with E-state index >= 15 is 0 Å². The van der Waals surface area contributed by atoms with Crippen LogP contribution in [0.15, 0.2) is 60.7 Å². The Kier molecular flexibility index (Phi) is 7.90. The lowest BCUT2D eigenvalue weighted by molar-refractivity contribution is 0.238. The zero-order valence-electron chi connectivity index (χ0n) is 18.1. The molecule has 0 amide bonds. The van der Waals surface area contributed by atoms with Gasteiger partial charge in [-0.1, -0.05) is 81.0 Å². The lowest BCUT2D eigenvalue weighted by Gasteiger charge is -2.38. The van der Waals surface area contributed by atoms with Crippen LogP contribution < -0.4 is 0 Å². The molecular formula is C27H38. The van der Waals surface area contributed by atoms with Crippen LogP contribution in [0.1, 0.15) is 76.0 Å². The Morgan fingerprint density at radius 2 is 1.93 bits per heavy atom. The summed E-state index contributed by atoms with van der Waals surface area (Å²) in [7, 11) is 0. The molecule has 0 aromatic heterocycles. The van der Waals surface area contributed by atoms with Gasteiger partial charge in [0, 0.05) is 0 Å². The summed E-state index contributed by atoms with van der Waals surface area (Å²) in [5, 5.41) is 0. The van der Waals surface area contributed by atoms with E-state index in [0.717, 1.165) is 0 Å². The van der Waals surface area contributed by atoms with Crippen molar-refractivity contribution in [3.63, 3.8) is 0 Å². The van der Waals surface area contributed by atoms with Crippen molar-refractivity contribution in [1.29, 1.82) is 0 Å². The molecule has 146 valence electrons. The van der Waals surface area contributed by atoms with Gasteiger partial charge >= 0.3 is 0 Å². The Hall–Kier alpha value is -1.82. The highest BCUT2D eigenvalue weighted by Gasteiger charge is 2.32. The fraction of sp³-hybridized carbons (Fsp3) is 0.481. The van der Waals surface area contributed by atoms with Crippen molar-refractivity contribution in [2.75, 3.05) is 0 Å². The molecule has 0 atom stereocenters. The van der Waals surface area contributed by atoms with E-state index in [4.69, 9.17) is 0 Å². The van der Waals surface area contributed by atoms with Crippen LogP contribution in [0.3, 0.4) is 0 Å². The predicted octanol–water partition coefficient (Wildman–Crippen LogP) is 8.37. The Bertz CT molecular complexity index is 718. The van der Waals surface area contributed by atoms with Gasteiger partial charge in [-0.2, -0.15) is 0 Å². The molecule has 1 aliphatic carbocycles. The molecule has 0 spiro atoms. The van der Waals surface area contributed by atoms with Gasteiger partial charge in [0.1, 0.15) is 0 Å². The van der Waals surface area contributed by atoms with Crippen molar-refractivity contribution in [1.82, 2.24) is 0 Å². The molecule has 27 heavy (non-hydrogen) atoms. The fourth-order valence-corrected chi connectivity index (χ4v) is 4.39. The van der Waals surface area contributed by atoms with Crippen LogP contribution in [0.2, 0.25) is 0 Å². The van der Waals surface area contributed by atoms with Gasteiger partial charge in [0.05, 0.1) is 0 Å². The van der Waals surface area contributed by atoms with Gasteiger partial charge in [-0.3, -0.25) is 0 Å². The van der Waals surface area contributed by atoms with Crippen molar-refractivity contribution < 1.29 is 0 Å². The maximum absolute atomic E-state index is 4.07. The molecule has 0 aliphatic heterocycles. The number of aryl methyl sites for hydroxylation is 2. The fourth-order valence-electron chi connectivity index (χ4n) is 4.39. The third kappa shape index (κ3) is 5.58. The van der Waals surface area contributed by atoms with Crippen molar-refractivity contribution in [3.05, 3.63) is 77.4 Å². The topological polar surface area (TPSA) is 0 Å². The molecule has 0 heterocycles. The second-order valence-electron chi connectivity index (χ2n) is 8.51. The van der Waals surface area contributed by atoms with Crippen LogP contribution in [0.4, 0.5) is 0 Å². The van der Waals surface area contributed by atoms with Crippen LogP contribution in [0.25, 0.3) is 5.57 Å². The van der Waals surface area contributed by atoms with Gasteiger partial charge in [-0.15, -0.1) is 0 Å². The maximum Gasteiger partial charge on any atom is -0.00750 e. The summed E-state index contributed by atoms with van der Waals surface area (Å²) in [6.07, 6.45) is 18.6. The minimum absolute atomic E-state index is 0.274. The Morgan fingerprint density at radius 1 is 1.22 bits per heavy atom. The first kappa shape index (κ1) is 21.5. The highest BCUT2D eigenvalue weighted by atomic mass is 14.4. The van der Waals surface area contributed by atoms with Gasteiger partial charge in [-0.05, 0) is 86.5 Å². The average molecular weight is 363 g/mol. The lowest BCUT2D eigenvalue weighted by Crippen LogP contribution is -2.25. The van der Waals surface area contributed by atoms with Gasteiger partial charge < -0.3 is 0 Å². The summed E-state index contributed by atoms with van der Waals surface area (Å²) < 4.78 is 0. The van der Waals surface area contributed by atoms with Crippen molar-refractivity contribution in [2.45, 2.75) is 73.1 Å². The Morgan fingerprint density at radius 3 is 2.52 bits per heavy atom. The van der Waals surface area contributed by atoms with Gasteiger partial charge in [0.2, 0.25) is 0 Å². The minimum atomic E-state index is 0.274. The summed E-state index contributed by atoms with van der Waals surface area (Å²) in [5.41, 5.74) is 7.45. The zero-order valence-corrected chi connectivity index (χ0v) is 18.1. The zero-order chi connectivity index (χ0) is 19.9. The first-order chi connectivity index (χ1) is 12.9. The van der Waals surface area contributed by atoms with Gasteiger partial charge in [0.15, 0.2) is 0 Å². The predicted molar refractivity (Wildman–Crippen MR) is 122 cm³/mol. The van der Waals surface area contributed by atoms with E-state index in [1.165, 1.54) is 60.8 Å². The second kappa shape index (κ2) is 9.93. The molecule has 1 aliphatic rings. The van der Waals surface area contributed by atoms with E-state index in [2.05, 4.69) is 89.8 Å². The largest absolute Gasteiger partial charge is 0.0988 e. The molecule has 0 heteroatoms. The average Bonchev–Trinajstić information content (AvgIpc) is 2.66. The van der Waals surface area contributed by atoms with E-state index in [0.29, 0.717) is 5.92 Å². The number of benzene rings is 1. The summed E-state index contributed by atoms with van der Waals surface area (Å²) in [4.78, 5) is 0. The number of hydrogen-bond acceptors (Lipinski definition) is 0. The van der Waals surface area contributed by atoms with E-state index in [1.54, 1.807) is 5.57 Å². The molecule has 1 aromatic carbocycles. The molecule has 0 N–H and O–H groups in total. The first-order valence-electron chi connectivity index (χ1n) is 10.7. The summed E-state index contributed by atoms with van der Waals surface area (Å²) >= 11 is 0. The van der Waals surface area contributed by atoms with Crippen LogP contribution in [0.5, 0.6) is 0 Å². The van der Waals surface area contributed by atoms with Crippen LogP contribution in [-0.2, 0) is 0 Å². The Labute approximate surface area is 167 Å². The van der Waals surface area contributed by atoms with E-state index in [1.807, 2.05) is 0 Å². The third-order valence-electron chi connectivity index (χ3n) is 6.21. The quantitative estimate of drug-likeness (QED) is 0.427. The standard InChI is InChI=1S/C27H38/c1-7-10-12-25(9-3)27(6)17-15-23(16-18-27)20-24(11-8-2)26-19-21(4)13-14-22(26)5/h7,9-10,12-14,19-20,23H,3,8,11,15-18H2,1-2,4-6H3/b10-7-,24-20+,25-12+. The van der Waals surface area contributed by atoms with Gasteiger partial charge in [-0.25, -0.2) is 0 Å². The normalized spacial score (nSPS) is 24.4. The summed E-state index contributed by atoms with van der Waals surface area (Å²) in [6, 6.07) is 6.87. The van der Waals surface area contributed by atoms with E-state index < -0.39 is 0 Å². The molecular weight excluding hydrogens is 324 g/mol. The highest BCUT2D eigenvalue weighted by molar-refractivity contribution is 5.69. The second-order valence-corrected chi connectivity index (χ2v) is 8.51. The van der Waals surface area contributed by atoms with E-state index in [9.17, 15) is 0 Å².